The zero-order chi connectivity index (χ0) is 21.1. The highest BCUT2D eigenvalue weighted by Crippen LogP contribution is 2.28. The molecule has 0 fully saturated rings. The lowest BCUT2D eigenvalue weighted by Gasteiger charge is -2.34. The summed E-state index contributed by atoms with van der Waals surface area (Å²) in [6, 6.07) is -0.373. The van der Waals surface area contributed by atoms with Crippen molar-refractivity contribution in [1.82, 2.24) is 10.0 Å². The SMILES string of the molecule is C#CCCCON(C(=O)CCCC)C(CC(O)c1nc(C(=O)O)cs1)C(C)C. The van der Waals surface area contributed by atoms with Gasteiger partial charge in [-0.1, -0.05) is 27.2 Å². The van der Waals surface area contributed by atoms with Gasteiger partial charge < -0.3 is 10.2 Å². The number of unbranched alkanes of at least 4 members (excludes halogenated alkanes) is 2. The average Bonchev–Trinajstić information content (AvgIpc) is 3.15. The molecule has 0 aromatic carbocycles. The third-order valence-corrected chi connectivity index (χ3v) is 5.19. The minimum atomic E-state index is -1.14. The smallest absolute Gasteiger partial charge is 0.355 e. The number of aromatic carboxylic acids is 1. The van der Waals surface area contributed by atoms with Crippen LogP contribution in [0.4, 0.5) is 0 Å². The number of rotatable bonds is 13. The van der Waals surface area contributed by atoms with Gasteiger partial charge in [0.1, 0.15) is 11.1 Å². The molecule has 156 valence electrons. The summed E-state index contributed by atoms with van der Waals surface area (Å²) >= 11 is 1.09. The molecule has 1 amide bonds. The van der Waals surface area contributed by atoms with Crippen LogP contribution in [0.25, 0.3) is 0 Å². The van der Waals surface area contributed by atoms with Gasteiger partial charge in [-0.25, -0.2) is 14.8 Å². The number of terminal acetylenes is 1. The molecule has 0 saturated heterocycles. The van der Waals surface area contributed by atoms with Crippen molar-refractivity contribution in [2.24, 2.45) is 5.92 Å². The maximum Gasteiger partial charge on any atom is 0.355 e. The molecule has 0 aliphatic carbocycles. The van der Waals surface area contributed by atoms with Crippen molar-refractivity contribution in [3.63, 3.8) is 0 Å². The van der Waals surface area contributed by atoms with Crippen molar-refractivity contribution in [2.45, 2.75) is 71.4 Å². The van der Waals surface area contributed by atoms with Gasteiger partial charge in [0.2, 0.25) is 5.91 Å². The van der Waals surface area contributed by atoms with Crippen molar-refractivity contribution in [2.75, 3.05) is 6.61 Å². The van der Waals surface area contributed by atoms with Crippen LogP contribution in [0.1, 0.15) is 80.9 Å². The van der Waals surface area contributed by atoms with Gasteiger partial charge in [-0.2, -0.15) is 0 Å². The minimum Gasteiger partial charge on any atom is -0.476 e. The van der Waals surface area contributed by atoms with E-state index < -0.39 is 12.1 Å². The lowest BCUT2D eigenvalue weighted by molar-refractivity contribution is -0.209. The number of carboxylic acid groups (broad SMARTS) is 1. The van der Waals surface area contributed by atoms with Crippen LogP contribution in [0.2, 0.25) is 0 Å². The molecule has 0 bridgehead atoms. The van der Waals surface area contributed by atoms with Gasteiger partial charge >= 0.3 is 5.97 Å². The number of aliphatic hydroxyl groups excluding tert-OH is 1. The highest BCUT2D eigenvalue weighted by molar-refractivity contribution is 7.09. The van der Waals surface area contributed by atoms with E-state index in [1.54, 1.807) is 0 Å². The second-order valence-corrected chi connectivity index (χ2v) is 7.79. The Kier molecular flexibility index (Phi) is 10.8. The van der Waals surface area contributed by atoms with Crippen LogP contribution in [0.3, 0.4) is 0 Å². The fourth-order valence-electron chi connectivity index (χ4n) is 2.64. The van der Waals surface area contributed by atoms with Crippen molar-refractivity contribution in [3.05, 3.63) is 16.1 Å². The number of thiazole rings is 1. The first-order chi connectivity index (χ1) is 13.3. The quantitative estimate of drug-likeness (QED) is 0.292. The van der Waals surface area contributed by atoms with Crippen LogP contribution in [0, 0.1) is 18.3 Å². The van der Waals surface area contributed by atoms with Crippen LogP contribution in [0.5, 0.6) is 0 Å². The molecule has 0 spiro atoms. The number of carbonyl (C=O) groups excluding carboxylic acids is 1. The molecule has 2 atom stereocenters. The van der Waals surface area contributed by atoms with Gasteiger partial charge in [0.05, 0.1) is 12.6 Å². The summed E-state index contributed by atoms with van der Waals surface area (Å²) in [6.45, 7) is 6.24. The molecule has 2 N–H and O–H groups in total. The van der Waals surface area contributed by atoms with Crippen molar-refractivity contribution in [1.29, 1.82) is 0 Å². The number of hydrogen-bond donors (Lipinski definition) is 2. The van der Waals surface area contributed by atoms with E-state index >= 15 is 0 Å². The third kappa shape index (κ3) is 7.58. The topological polar surface area (TPSA) is 100.0 Å². The Morgan fingerprint density at radius 3 is 2.64 bits per heavy atom. The Morgan fingerprint density at radius 1 is 1.39 bits per heavy atom. The Morgan fingerprint density at radius 2 is 2.11 bits per heavy atom. The zero-order valence-electron chi connectivity index (χ0n) is 16.8. The first-order valence-electron chi connectivity index (χ1n) is 9.56. The molecular weight excluding hydrogens is 380 g/mol. The summed E-state index contributed by atoms with van der Waals surface area (Å²) in [7, 11) is 0. The summed E-state index contributed by atoms with van der Waals surface area (Å²) in [4.78, 5) is 33.5. The molecule has 1 heterocycles. The standard InChI is InChI=1S/C20H30N2O5S/c1-5-7-9-11-27-22(18(24)10-8-6-2)16(14(3)4)12-17(23)19-21-15(13-28-19)20(25)26/h1,13-14,16-17,23H,6-12H2,2-4H3,(H,25,26). The lowest BCUT2D eigenvalue weighted by atomic mass is 9.97. The number of aliphatic hydroxyl groups is 1. The largest absolute Gasteiger partial charge is 0.476 e. The van der Waals surface area contributed by atoms with Crippen LogP contribution < -0.4 is 0 Å². The minimum absolute atomic E-state index is 0.0202. The number of carboxylic acids is 1. The lowest BCUT2D eigenvalue weighted by Crippen LogP contribution is -2.44. The molecule has 0 radical (unpaired) electrons. The van der Waals surface area contributed by atoms with E-state index in [4.69, 9.17) is 16.4 Å². The van der Waals surface area contributed by atoms with Crippen LogP contribution >= 0.6 is 11.3 Å². The highest BCUT2D eigenvalue weighted by Gasteiger charge is 2.31. The molecule has 1 aromatic heterocycles. The summed E-state index contributed by atoms with van der Waals surface area (Å²) in [5.41, 5.74) is -0.0958. The Labute approximate surface area is 170 Å². The molecule has 0 aliphatic heterocycles. The molecule has 2 unspecified atom stereocenters. The highest BCUT2D eigenvalue weighted by atomic mass is 32.1. The molecule has 28 heavy (non-hydrogen) atoms. The maximum atomic E-state index is 12.7. The molecular formula is C20H30N2O5S. The third-order valence-electron chi connectivity index (χ3n) is 4.25. The molecule has 1 aromatic rings. The molecule has 8 heteroatoms. The zero-order valence-corrected chi connectivity index (χ0v) is 17.6. The molecule has 7 nitrogen and oxygen atoms in total. The van der Waals surface area contributed by atoms with Gasteiger partial charge in [0.15, 0.2) is 5.69 Å². The molecule has 0 saturated carbocycles. The van der Waals surface area contributed by atoms with E-state index in [9.17, 15) is 14.7 Å². The van der Waals surface area contributed by atoms with Gasteiger partial charge in [-0.05, 0) is 18.8 Å². The van der Waals surface area contributed by atoms with E-state index in [1.165, 1.54) is 10.4 Å². The van der Waals surface area contributed by atoms with E-state index in [0.717, 1.165) is 24.2 Å². The van der Waals surface area contributed by atoms with Gasteiger partial charge in [0.25, 0.3) is 0 Å². The van der Waals surface area contributed by atoms with Crippen LogP contribution in [0.15, 0.2) is 5.38 Å². The van der Waals surface area contributed by atoms with Gasteiger partial charge in [0, 0.05) is 24.6 Å². The number of hydrogen-bond acceptors (Lipinski definition) is 6. The fourth-order valence-corrected chi connectivity index (χ4v) is 3.43. The van der Waals surface area contributed by atoms with E-state index in [-0.39, 0.29) is 30.0 Å². The molecule has 0 aliphatic rings. The fraction of sp³-hybridized carbons (Fsp3) is 0.650. The first-order valence-corrected chi connectivity index (χ1v) is 10.4. The monoisotopic (exact) mass is 410 g/mol. The van der Waals surface area contributed by atoms with Crippen molar-refractivity contribution < 1.29 is 24.6 Å². The summed E-state index contributed by atoms with van der Waals surface area (Å²) in [6.07, 6.45) is 7.69. The van der Waals surface area contributed by atoms with Crippen LogP contribution in [-0.4, -0.2) is 44.8 Å². The maximum absolute atomic E-state index is 12.7. The number of aromatic nitrogens is 1. The molecule has 1 rings (SSSR count). The summed E-state index contributed by atoms with van der Waals surface area (Å²) in [5.74, 6) is 1.30. The average molecular weight is 411 g/mol. The number of amides is 1. The number of carbonyl (C=O) groups is 2. The number of hydroxylamine groups is 2. The van der Waals surface area contributed by atoms with E-state index in [1.807, 2.05) is 20.8 Å². The van der Waals surface area contributed by atoms with Crippen molar-refractivity contribution >= 4 is 23.2 Å². The predicted octanol–water partition coefficient (Wildman–Crippen LogP) is 3.65. The van der Waals surface area contributed by atoms with E-state index in [0.29, 0.717) is 30.9 Å². The van der Waals surface area contributed by atoms with E-state index in [2.05, 4.69) is 10.9 Å². The Hall–Kier alpha value is -1.95. The normalized spacial score (nSPS) is 13.1. The number of nitrogens with zero attached hydrogens (tertiary/aromatic N) is 2. The van der Waals surface area contributed by atoms with Crippen LogP contribution in [-0.2, 0) is 9.63 Å². The Bertz CT molecular complexity index is 668. The predicted molar refractivity (Wildman–Crippen MR) is 108 cm³/mol. The van der Waals surface area contributed by atoms with Crippen molar-refractivity contribution in [3.8, 4) is 12.3 Å². The second-order valence-electron chi connectivity index (χ2n) is 6.90. The van der Waals surface area contributed by atoms with Gasteiger partial charge in [-0.3, -0.25) is 9.63 Å². The first kappa shape index (κ1) is 24.1. The van der Waals surface area contributed by atoms with Gasteiger partial charge in [-0.15, -0.1) is 23.7 Å². The Balaban J connectivity index is 2.92. The summed E-state index contributed by atoms with van der Waals surface area (Å²) < 4.78 is 0. The second kappa shape index (κ2) is 12.5. The summed E-state index contributed by atoms with van der Waals surface area (Å²) in [5, 5.41) is 22.7.